The molecule has 18 heavy (non-hydrogen) atoms. The summed E-state index contributed by atoms with van der Waals surface area (Å²) in [7, 11) is 0. The van der Waals surface area contributed by atoms with E-state index in [1.807, 2.05) is 0 Å². The zero-order chi connectivity index (χ0) is 17.7. The van der Waals surface area contributed by atoms with E-state index in [1.54, 1.807) is 24.3 Å². The van der Waals surface area contributed by atoms with Crippen LogP contribution in [0.2, 0.25) is 0 Å². The Morgan fingerprint density at radius 2 is 1.94 bits per heavy atom. The third kappa shape index (κ3) is 5.10. The van der Waals surface area contributed by atoms with Gasteiger partial charge >= 0.3 is 0 Å². The van der Waals surface area contributed by atoms with Crippen molar-refractivity contribution in [2.75, 3.05) is 6.56 Å². The number of nitrogens with zero attached hydrogens (tertiary/aromatic N) is 2. The van der Waals surface area contributed by atoms with E-state index in [4.69, 9.17) is 11.6 Å². The number of hydrogen-bond donors (Lipinski definition) is 0. The molecule has 0 fully saturated rings. The van der Waals surface area contributed by atoms with E-state index in [-0.39, 0.29) is 5.88 Å². The first-order valence-electron chi connectivity index (χ1n) is 7.10. The molecule has 0 radical (unpaired) electrons. The van der Waals surface area contributed by atoms with Gasteiger partial charge in [-0.2, -0.15) is 4.39 Å². The smallest absolute Gasteiger partial charge is 0.227 e. The predicted molar refractivity (Wildman–Crippen MR) is 75.0 cm³/mol. The summed E-state index contributed by atoms with van der Waals surface area (Å²) in [5, 5.41) is 0. The second kappa shape index (κ2) is 8.16. The van der Waals surface area contributed by atoms with E-state index in [1.165, 1.54) is 12.4 Å². The molecule has 2 aromatic heterocycles. The first-order valence-corrected chi connectivity index (χ1v) is 6.19. The van der Waals surface area contributed by atoms with Crippen LogP contribution in [-0.2, 0) is 0 Å². The van der Waals surface area contributed by atoms with Crippen LogP contribution in [0.4, 0.5) is 4.39 Å². The summed E-state index contributed by atoms with van der Waals surface area (Å²) in [4.78, 5) is 7.08. The maximum atomic E-state index is 12.2. The summed E-state index contributed by atoms with van der Waals surface area (Å²) in [6, 6.07) is 6.45. The quantitative estimate of drug-likeness (QED) is 0.729. The Morgan fingerprint density at radius 1 is 1.28 bits per heavy atom. The largest absolute Gasteiger partial charge is 0.477 e. The van der Waals surface area contributed by atoms with Crippen LogP contribution in [0.3, 0.4) is 0 Å². The fourth-order valence-electron chi connectivity index (χ4n) is 0.861. The maximum Gasteiger partial charge on any atom is 0.227 e. The zero-order valence-corrected chi connectivity index (χ0v) is 12.1. The average Bonchev–Trinajstić information content (AvgIpc) is 2.44. The second-order valence-corrected chi connectivity index (χ2v) is 4.48. The van der Waals surface area contributed by atoms with Crippen LogP contribution in [0.5, 0.6) is 5.88 Å². The van der Waals surface area contributed by atoms with Crippen molar-refractivity contribution >= 4 is 31.9 Å². The molecule has 0 aliphatic carbocycles. The molecule has 0 bridgehead atoms. The fraction of sp³-hybridized carbons (Fsp3) is 0.167. The topological polar surface area (TPSA) is 35.0 Å². The Balaban J connectivity index is 0.000000277. The summed E-state index contributed by atoms with van der Waals surface area (Å²) in [5.41, 5.74) is 0. The van der Waals surface area contributed by atoms with Crippen molar-refractivity contribution in [2.45, 2.75) is 6.85 Å². The molecule has 0 aromatic carbocycles. The molecule has 3 nitrogen and oxygen atoms in total. The molecular formula is C12H11Br2FN2O. The van der Waals surface area contributed by atoms with Crippen molar-refractivity contribution < 1.29 is 16.0 Å². The van der Waals surface area contributed by atoms with Gasteiger partial charge in [-0.15, -0.1) is 0 Å². The number of rotatable bonds is 2. The van der Waals surface area contributed by atoms with Gasteiger partial charge in [0.25, 0.3) is 0 Å². The van der Waals surface area contributed by atoms with Gasteiger partial charge in [-0.3, -0.25) is 0 Å². The van der Waals surface area contributed by atoms with Gasteiger partial charge in [0.2, 0.25) is 11.8 Å². The minimum Gasteiger partial charge on any atom is -0.477 e. The van der Waals surface area contributed by atoms with Gasteiger partial charge in [0.05, 0.1) is 18.2 Å². The van der Waals surface area contributed by atoms with Crippen molar-refractivity contribution in [2.24, 2.45) is 0 Å². The molecule has 2 aromatic rings. The van der Waals surface area contributed by atoms with E-state index < -0.39 is 19.4 Å². The molecule has 0 N–H and O–H groups in total. The molecule has 0 saturated carbocycles. The van der Waals surface area contributed by atoms with Gasteiger partial charge in [0.15, 0.2) is 0 Å². The first-order chi connectivity index (χ1) is 10.5. The van der Waals surface area contributed by atoms with Crippen LogP contribution in [-0.4, -0.2) is 16.5 Å². The maximum absolute atomic E-state index is 12.2. The third-order valence-corrected chi connectivity index (χ3v) is 2.78. The highest BCUT2D eigenvalue weighted by atomic mass is 79.9. The predicted octanol–water partition coefficient (Wildman–Crippen LogP) is 4.23. The second-order valence-electron chi connectivity index (χ2n) is 2.77. The molecule has 2 heterocycles. The normalized spacial score (nSPS) is 14.9. The van der Waals surface area contributed by atoms with Gasteiger partial charge in [-0.1, -0.05) is 0 Å². The lowest BCUT2D eigenvalue weighted by atomic mass is 10.5. The van der Waals surface area contributed by atoms with E-state index in [9.17, 15) is 4.39 Å². The highest BCUT2D eigenvalue weighted by Crippen LogP contribution is 2.20. The number of pyridine rings is 2. The van der Waals surface area contributed by atoms with E-state index >= 15 is 0 Å². The summed E-state index contributed by atoms with van der Waals surface area (Å²) in [5.74, 6) is -0.550. The van der Waals surface area contributed by atoms with Crippen LogP contribution in [0.1, 0.15) is 13.7 Å². The number of ether oxygens (including phenoxy) is 1. The molecule has 6 heteroatoms. The molecule has 2 rings (SSSR count). The molecule has 0 aliphatic heterocycles. The Bertz CT molecular complexity index is 636. The molecule has 0 unspecified atom stereocenters. The monoisotopic (exact) mass is 381 g/mol. The molecule has 0 saturated heterocycles. The lowest BCUT2D eigenvalue weighted by Crippen LogP contribution is -1.93. The van der Waals surface area contributed by atoms with Gasteiger partial charge in [-0.05, 0) is 63.0 Å². The lowest BCUT2D eigenvalue weighted by molar-refractivity contribution is 0.324. The zero-order valence-electron chi connectivity index (χ0n) is 13.9. The van der Waals surface area contributed by atoms with Gasteiger partial charge in [0, 0.05) is 16.5 Å². The molecule has 0 amide bonds. The lowest BCUT2D eigenvalue weighted by Gasteiger charge is -2.01. The van der Waals surface area contributed by atoms with Crippen LogP contribution in [0, 0.1) is 5.95 Å². The summed E-state index contributed by atoms with van der Waals surface area (Å²) >= 11 is 6.04. The summed E-state index contributed by atoms with van der Waals surface area (Å²) in [6.07, 6.45) is 2.79. The molecule has 0 atom stereocenters. The van der Waals surface area contributed by atoms with Crippen LogP contribution in [0.25, 0.3) is 0 Å². The van der Waals surface area contributed by atoms with Crippen molar-refractivity contribution in [3.63, 3.8) is 0 Å². The minimum absolute atomic E-state index is 0.0846. The van der Waals surface area contributed by atoms with Crippen molar-refractivity contribution in [1.82, 2.24) is 9.97 Å². The Kier molecular flexibility index (Phi) is 4.07. The fourth-order valence-corrected chi connectivity index (χ4v) is 1.45. The average molecular weight is 383 g/mol. The van der Waals surface area contributed by atoms with Crippen LogP contribution in [0.15, 0.2) is 45.6 Å². The van der Waals surface area contributed by atoms with Crippen molar-refractivity contribution in [3.8, 4) is 5.88 Å². The van der Waals surface area contributed by atoms with Gasteiger partial charge < -0.3 is 4.74 Å². The molecule has 0 spiro atoms. The number of hydrogen-bond acceptors (Lipinski definition) is 3. The number of aromatic nitrogens is 2. The molecule has 0 aliphatic rings. The first kappa shape index (κ1) is 8.98. The Hall–Kier alpha value is -1.01. The van der Waals surface area contributed by atoms with E-state index in [0.717, 1.165) is 0 Å². The highest BCUT2D eigenvalue weighted by molar-refractivity contribution is 9.10. The summed E-state index contributed by atoms with van der Waals surface area (Å²) < 4.78 is 53.0. The molecular weight excluding hydrogens is 367 g/mol. The highest BCUT2D eigenvalue weighted by Gasteiger charge is 1.97. The van der Waals surface area contributed by atoms with Crippen molar-refractivity contribution in [3.05, 3.63) is 51.6 Å². The van der Waals surface area contributed by atoms with Gasteiger partial charge in [0.1, 0.15) is 0 Å². The standard InChI is InChI=1S/C7H8BrNO.C5H3BrFN/c1-2-10-7-6(8)4-3-5-9-7;6-4-2-1-3-8-5(4)7/h3-5H,2H2,1H3;1-3H/i1D3,2D2;. The van der Waals surface area contributed by atoms with E-state index in [0.29, 0.717) is 8.95 Å². The van der Waals surface area contributed by atoms with Gasteiger partial charge in [-0.25, -0.2) is 9.97 Å². The molecule has 96 valence electrons. The van der Waals surface area contributed by atoms with E-state index in [2.05, 4.69) is 41.8 Å². The summed E-state index contributed by atoms with van der Waals surface area (Å²) in [6.45, 7) is -5.62. The SMILES string of the molecule is Fc1ncccc1Br.[2H]C([2H])([2H])C([2H])([2H])Oc1ncccc1Br. The van der Waals surface area contributed by atoms with Crippen LogP contribution < -0.4 is 4.74 Å². The number of halogens is 3. The van der Waals surface area contributed by atoms with Crippen molar-refractivity contribution in [1.29, 1.82) is 0 Å². The Labute approximate surface area is 129 Å². The Morgan fingerprint density at radius 3 is 2.44 bits per heavy atom. The minimum atomic E-state index is -2.86. The van der Waals surface area contributed by atoms with Crippen LogP contribution >= 0.6 is 31.9 Å². The third-order valence-electron chi connectivity index (χ3n) is 1.59.